The Morgan fingerprint density at radius 2 is 2.00 bits per heavy atom. The number of hydrogen-bond donors (Lipinski definition) is 2. The molecule has 1 fully saturated rings. The van der Waals surface area contributed by atoms with E-state index in [2.05, 4.69) is 10.3 Å². The number of anilines is 1. The lowest BCUT2D eigenvalue weighted by Crippen LogP contribution is -2.36. The van der Waals surface area contributed by atoms with Crippen LogP contribution in [0.25, 0.3) is 10.9 Å². The minimum absolute atomic E-state index is 0.00385. The molecule has 1 amide bonds. The largest absolute Gasteiger partial charge is 0.484 e. The number of halogens is 1. The van der Waals surface area contributed by atoms with E-state index in [9.17, 15) is 23.9 Å². The summed E-state index contributed by atoms with van der Waals surface area (Å²) in [5.41, 5.74) is 0.939. The van der Waals surface area contributed by atoms with Gasteiger partial charge in [0.25, 0.3) is 5.56 Å². The summed E-state index contributed by atoms with van der Waals surface area (Å²) in [6, 6.07) is 9.30. The van der Waals surface area contributed by atoms with Crippen molar-refractivity contribution in [3.05, 3.63) is 63.8 Å². The molecule has 4 heterocycles. The molecule has 0 bridgehead atoms. The first-order valence-electron chi connectivity index (χ1n) is 11.6. The molecule has 36 heavy (non-hydrogen) atoms. The van der Waals surface area contributed by atoms with Crippen molar-refractivity contribution in [2.24, 2.45) is 7.05 Å². The second-order valence-electron chi connectivity index (χ2n) is 8.95. The molecule has 0 unspecified atom stereocenters. The molecule has 0 radical (unpaired) electrons. The molecule has 0 saturated carbocycles. The van der Waals surface area contributed by atoms with E-state index in [0.717, 1.165) is 0 Å². The maximum atomic E-state index is 14.6. The quantitative estimate of drug-likeness (QED) is 0.499. The first-order chi connectivity index (χ1) is 17.3. The second-order valence-corrected chi connectivity index (χ2v) is 8.95. The first-order valence-corrected chi connectivity index (χ1v) is 11.6. The number of aromatic nitrogens is 2. The fourth-order valence-electron chi connectivity index (χ4n) is 4.55. The summed E-state index contributed by atoms with van der Waals surface area (Å²) < 4.78 is 26.7. The highest BCUT2D eigenvalue weighted by atomic mass is 19.1. The van der Waals surface area contributed by atoms with Crippen LogP contribution in [-0.4, -0.2) is 65.0 Å². The van der Waals surface area contributed by atoms with Crippen molar-refractivity contribution in [3.63, 3.8) is 0 Å². The Bertz CT molecular complexity index is 1410. The molecular formula is C25H25FN4O6. The van der Waals surface area contributed by atoms with Crippen molar-refractivity contribution in [3.8, 4) is 5.75 Å². The Labute approximate surface area is 205 Å². The van der Waals surface area contributed by atoms with Crippen molar-refractivity contribution in [2.75, 3.05) is 31.1 Å². The number of aliphatic hydroxyl groups is 1. The monoisotopic (exact) mass is 496 g/mol. The number of fused-ring (bicyclic) bond motifs is 2. The average molecular weight is 496 g/mol. The third-order valence-corrected chi connectivity index (χ3v) is 6.34. The third-order valence-electron chi connectivity index (χ3n) is 6.34. The van der Waals surface area contributed by atoms with Gasteiger partial charge in [-0.05, 0) is 35.7 Å². The van der Waals surface area contributed by atoms with E-state index in [-0.39, 0.29) is 56.0 Å². The van der Waals surface area contributed by atoms with Crippen molar-refractivity contribution in [2.45, 2.75) is 25.0 Å². The number of ether oxygens (including phenoxy) is 2. The summed E-state index contributed by atoms with van der Waals surface area (Å²) >= 11 is 0. The van der Waals surface area contributed by atoms with Crippen LogP contribution in [0.15, 0.2) is 41.2 Å². The number of rotatable bonds is 7. The highest BCUT2D eigenvalue weighted by Crippen LogP contribution is 2.27. The van der Waals surface area contributed by atoms with Crippen molar-refractivity contribution < 1.29 is 28.6 Å². The van der Waals surface area contributed by atoms with Gasteiger partial charge in [-0.3, -0.25) is 14.5 Å². The topological polar surface area (TPSA) is 123 Å². The number of hydrogen-bond acceptors (Lipinski definition) is 8. The smallest absolute Gasteiger partial charge is 0.415 e. The summed E-state index contributed by atoms with van der Waals surface area (Å²) in [4.78, 5) is 41.9. The number of nitrogens with one attached hydrogen (secondary N) is 1. The molecule has 0 spiro atoms. The summed E-state index contributed by atoms with van der Waals surface area (Å²) in [5, 5.41) is 14.3. The first kappa shape index (κ1) is 23.9. The van der Waals surface area contributed by atoms with Crippen LogP contribution in [0.1, 0.15) is 11.3 Å². The Morgan fingerprint density at radius 1 is 1.19 bits per heavy atom. The van der Waals surface area contributed by atoms with Crippen LogP contribution in [0.4, 0.5) is 15.0 Å². The zero-order valence-corrected chi connectivity index (χ0v) is 19.6. The predicted octanol–water partition coefficient (Wildman–Crippen LogP) is 1.09. The molecule has 1 aromatic carbocycles. The lowest BCUT2D eigenvalue weighted by Gasteiger charge is -2.19. The van der Waals surface area contributed by atoms with Gasteiger partial charge in [0.05, 0.1) is 30.3 Å². The molecule has 11 heteroatoms. The number of Topliss-reactive ketones (excluding diaryl/α,β-unsaturated/α-hetero) is 1. The lowest BCUT2D eigenvalue weighted by molar-refractivity contribution is -0.121. The molecule has 1 saturated heterocycles. The normalized spacial score (nSPS) is 18.2. The number of cyclic esters (lactones) is 1. The van der Waals surface area contributed by atoms with Gasteiger partial charge in [-0.1, -0.05) is 0 Å². The van der Waals surface area contributed by atoms with Crippen molar-refractivity contribution >= 4 is 28.6 Å². The number of carbonyl (C=O) groups is 2. The molecule has 0 aliphatic carbocycles. The van der Waals surface area contributed by atoms with E-state index in [1.807, 2.05) is 0 Å². The molecule has 2 atom stereocenters. The average Bonchev–Trinajstić information content (AvgIpc) is 3.22. The van der Waals surface area contributed by atoms with Gasteiger partial charge in [-0.25, -0.2) is 14.2 Å². The van der Waals surface area contributed by atoms with Crippen LogP contribution >= 0.6 is 0 Å². The standard InChI is InChI=1S/C25H25FN4O6/c1-29-23(33)7-3-14-2-4-19(26)18(24(14)29)8-15(31)10-27-11-17-12-30(25(34)36-17)22-6-5-21-20(28-22)9-16(32)13-35-21/h2-7,15,17,27,31H,8-13H2,1H3/t15-,17+/m1/s1. The van der Waals surface area contributed by atoms with Crippen molar-refractivity contribution in [1.29, 1.82) is 0 Å². The van der Waals surface area contributed by atoms with E-state index in [1.165, 1.54) is 21.6 Å². The van der Waals surface area contributed by atoms with Crippen LogP contribution in [0, 0.1) is 5.82 Å². The number of aryl methyl sites for hydroxylation is 1. The lowest BCUT2D eigenvalue weighted by atomic mass is 10.0. The predicted molar refractivity (Wildman–Crippen MR) is 128 cm³/mol. The molecule has 5 rings (SSSR count). The molecule has 10 nitrogen and oxygen atoms in total. The minimum atomic E-state index is -0.937. The minimum Gasteiger partial charge on any atom is -0.484 e. The highest BCUT2D eigenvalue weighted by molar-refractivity contribution is 5.89. The van der Waals surface area contributed by atoms with Gasteiger partial charge in [-0.2, -0.15) is 0 Å². The van der Waals surface area contributed by atoms with Gasteiger partial charge < -0.3 is 24.5 Å². The van der Waals surface area contributed by atoms with Gasteiger partial charge >= 0.3 is 6.09 Å². The SMILES string of the molecule is Cn1c(=O)ccc2ccc(F)c(C[C@@H](O)CNC[C@H]3CN(c4ccc5c(n4)CC(=O)CO5)C(=O)O3)c21. The van der Waals surface area contributed by atoms with Crippen molar-refractivity contribution in [1.82, 2.24) is 14.9 Å². The Morgan fingerprint density at radius 3 is 2.83 bits per heavy atom. The van der Waals surface area contributed by atoms with E-state index in [4.69, 9.17) is 9.47 Å². The van der Waals surface area contributed by atoms with Gasteiger partial charge in [0.1, 0.15) is 30.1 Å². The van der Waals surface area contributed by atoms with Crippen LogP contribution in [-0.2, 0) is 29.4 Å². The number of aliphatic hydroxyl groups excluding tert-OH is 1. The van der Waals surface area contributed by atoms with Crippen LogP contribution < -0.4 is 20.5 Å². The van der Waals surface area contributed by atoms with E-state index in [0.29, 0.717) is 28.2 Å². The number of ketones is 1. The van der Waals surface area contributed by atoms with Crippen LogP contribution in [0.2, 0.25) is 0 Å². The molecular weight excluding hydrogens is 471 g/mol. The van der Waals surface area contributed by atoms with Gasteiger partial charge in [0, 0.05) is 38.2 Å². The zero-order chi connectivity index (χ0) is 25.4. The van der Waals surface area contributed by atoms with Gasteiger partial charge in [0.2, 0.25) is 0 Å². The summed E-state index contributed by atoms with van der Waals surface area (Å²) in [7, 11) is 1.57. The Hall–Kier alpha value is -3.83. The molecule has 2 aromatic heterocycles. The third kappa shape index (κ3) is 4.67. The van der Waals surface area contributed by atoms with Crippen LogP contribution in [0.5, 0.6) is 5.75 Å². The fourth-order valence-corrected chi connectivity index (χ4v) is 4.55. The summed E-state index contributed by atoms with van der Waals surface area (Å²) in [5.74, 6) is 0.326. The van der Waals surface area contributed by atoms with Gasteiger partial charge in [0.15, 0.2) is 5.78 Å². The van der Waals surface area contributed by atoms with Crippen LogP contribution in [0.3, 0.4) is 0 Å². The Balaban J connectivity index is 1.19. The van der Waals surface area contributed by atoms with Gasteiger partial charge in [-0.15, -0.1) is 0 Å². The Kier molecular flexibility index (Phi) is 6.42. The molecule has 3 aromatic rings. The maximum Gasteiger partial charge on any atom is 0.415 e. The molecule has 188 valence electrons. The molecule has 2 aliphatic rings. The number of amides is 1. The van der Waals surface area contributed by atoms with E-state index >= 15 is 0 Å². The maximum absolute atomic E-state index is 14.6. The van der Waals surface area contributed by atoms with E-state index < -0.39 is 24.1 Å². The number of nitrogens with zero attached hydrogens (tertiary/aromatic N) is 3. The summed E-state index contributed by atoms with van der Waals surface area (Å²) in [6.07, 6.45) is -1.83. The number of carbonyl (C=O) groups excluding carboxylic acids is 2. The molecule has 2 aliphatic heterocycles. The van der Waals surface area contributed by atoms with E-state index in [1.54, 1.807) is 31.3 Å². The fraction of sp³-hybridized carbons (Fsp3) is 0.360. The zero-order valence-electron chi connectivity index (χ0n) is 19.6. The second kappa shape index (κ2) is 9.67. The number of benzene rings is 1. The highest BCUT2D eigenvalue weighted by Gasteiger charge is 2.34. The molecule has 2 N–H and O–H groups in total. The number of pyridine rings is 2. The summed E-state index contributed by atoms with van der Waals surface area (Å²) in [6.45, 7) is 0.650.